The number of hydrogen-bond acceptors (Lipinski definition) is 5. The van der Waals surface area contributed by atoms with Gasteiger partial charge in [0.1, 0.15) is 18.1 Å². The largest absolute Gasteiger partial charge is 0.462 e. The molecule has 0 aliphatic rings. The fraction of sp³-hybridized carbons (Fsp3) is 0.500. The Bertz CT molecular complexity index is 491. The van der Waals surface area contributed by atoms with Crippen molar-refractivity contribution in [2.24, 2.45) is 0 Å². The summed E-state index contributed by atoms with van der Waals surface area (Å²) in [5.41, 5.74) is 0. The summed E-state index contributed by atoms with van der Waals surface area (Å²) < 4.78 is 28.2. The van der Waals surface area contributed by atoms with Gasteiger partial charge in [-0.3, -0.25) is 9.36 Å². The summed E-state index contributed by atoms with van der Waals surface area (Å²) in [4.78, 5) is 11.8. The number of carbonyl (C=O) groups is 1. The van der Waals surface area contributed by atoms with Crippen LogP contribution in [0.4, 0.5) is 0 Å². The highest BCUT2D eigenvalue weighted by Crippen LogP contribution is 2.43. The molecule has 0 bridgehead atoms. The molecule has 21 heavy (non-hydrogen) atoms. The highest BCUT2D eigenvalue weighted by atomic mass is 31.2. The van der Waals surface area contributed by atoms with Crippen molar-refractivity contribution < 1.29 is 23.4 Å². The average Bonchev–Trinajstić information content (AvgIpc) is 2.38. The Morgan fingerprint density at radius 3 is 2.38 bits per heavy atom. The van der Waals surface area contributed by atoms with Crippen LogP contribution in [-0.2, 0) is 18.8 Å². The molecule has 1 aromatic carbocycles. The monoisotopic (exact) mass is 315 g/mol. The molecule has 2 atom stereocenters. The molecule has 0 heterocycles. The van der Waals surface area contributed by atoms with E-state index < -0.39 is 19.5 Å². The predicted octanol–water partition coefficient (Wildman–Crippen LogP) is 2.79. The number of carbonyl (C=O) groups excluding carboxylic acids is 1. The van der Waals surface area contributed by atoms with Crippen LogP contribution in [0.3, 0.4) is 0 Å². The van der Waals surface area contributed by atoms with Gasteiger partial charge < -0.3 is 14.0 Å². The van der Waals surface area contributed by atoms with Crippen LogP contribution in [0.25, 0.3) is 0 Å². The van der Waals surface area contributed by atoms with Crippen molar-refractivity contribution >= 4 is 13.5 Å². The smallest absolute Gasteiger partial charge is 0.342 e. The van der Waals surface area contributed by atoms with Gasteiger partial charge in [0.2, 0.25) is 0 Å². The van der Waals surface area contributed by atoms with Crippen LogP contribution in [0.15, 0.2) is 30.3 Å². The Morgan fingerprint density at radius 1 is 1.24 bits per heavy atom. The van der Waals surface area contributed by atoms with Gasteiger partial charge in [-0.1, -0.05) is 18.2 Å². The summed E-state index contributed by atoms with van der Waals surface area (Å²) >= 11 is 0. The molecule has 0 saturated heterocycles. The van der Waals surface area contributed by atoms with Crippen molar-refractivity contribution in [1.29, 1.82) is 0 Å². The first-order chi connectivity index (χ1) is 9.86. The minimum absolute atomic E-state index is 0.152. The van der Waals surface area contributed by atoms with Gasteiger partial charge in [-0.25, -0.2) is 5.09 Å². The number of esters is 1. The van der Waals surface area contributed by atoms with Gasteiger partial charge in [-0.2, -0.15) is 0 Å². The molecule has 1 N–H and O–H groups in total. The lowest BCUT2D eigenvalue weighted by atomic mass is 10.3. The van der Waals surface area contributed by atoms with Crippen molar-refractivity contribution in [3.63, 3.8) is 0 Å². The van der Waals surface area contributed by atoms with E-state index in [1.165, 1.54) is 7.11 Å². The molecule has 0 aliphatic heterocycles. The van der Waals surface area contributed by atoms with E-state index in [9.17, 15) is 9.36 Å². The number of nitrogens with one attached hydrogen (secondary N) is 1. The third kappa shape index (κ3) is 6.29. The van der Waals surface area contributed by atoms with Crippen LogP contribution in [0.2, 0.25) is 0 Å². The maximum atomic E-state index is 12.7. The van der Waals surface area contributed by atoms with Gasteiger partial charge >= 0.3 is 13.5 Å². The normalized spacial score (nSPS) is 15.3. The van der Waals surface area contributed by atoms with Crippen LogP contribution in [-0.4, -0.2) is 31.6 Å². The van der Waals surface area contributed by atoms with Gasteiger partial charge in [0.15, 0.2) is 0 Å². The average molecular weight is 315 g/mol. The number of methoxy groups -OCH3 is 1. The molecule has 6 nitrogen and oxygen atoms in total. The van der Waals surface area contributed by atoms with Crippen molar-refractivity contribution in [1.82, 2.24) is 5.09 Å². The van der Waals surface area contributed by atoms with E-state index in [0.717, 1.165) is 0 Å². The van der Waals surface area contributed by atoms with Crippen LogP contribution in [0.5, 0.6) is 5.75 Å². The molecule has 0 aromatic heterocycles. The number of para-hydroxylation sites is 1. The summed E-state index contributed by atoms with van der Waals surface area (Å²) in [7, 11) is -1.95. The van der Waals surface area contributed by atoms with Crippen molar-refractivity contribution in [2.45, 2.75) is 32.9 Å². The molecule has 0 saturated carbocycles. The van der Waals surface area contributed by atoms with Gasteiger partial charge in [0.25, 0.3) is 0 Å². The molecule has 0 fully saturated rings. The predicted molar refractivity (Wildman–Crippen MR) is 80.4 cm³/mol. The van der Waals surface area contributed by atoms with E-state index in [1.807, 2.05) is 6.07 Å². The molecular formula is C14H22NO5P. The Hall–Kier alpha value is -1.36. The Labute approximate surface area is 125 Å². The maximum Gasteiger partial charge on any atom is 0.342 e. The first-order valence-electron chi connectivity index (χ1n) is 6.67. The lowest BCUT2D eigenvalue weighted by Crippen LogP contribution is -2.36. The second-order valence-electron chi connectivity index (χ2n) is 4.83. The van der Waals surface area contributed by atoms with E-state index in [4.69, 9.17) is 14.0 Å². The third-order valence-electron chi connectivity index (χ3n) is 2.39. The van der Waals surface area contributed by atoms with Crippen molar-refractivity contribution in [2.75, 3.05) is 13.5 Å². The lowest BCUT2D eigenvalue weighted by Gasteiger charge is -2.23. The molecular weight excluding hydrogens is 293 g/mol. The summed E-state index contributed by atoms with van der Waals surface area (Å²) in [5.74, 6) is -0.0483. The summed E-state index contributed by atoms with van der Waals surface area (Å²) in [5, 5.41) is 2.68. The zero-order valence-corrected chi connectivity index (χ0v) is 13.6. The topological polar surface area (TPSA) is 73.9 Å². The van der Waals surface area contributed by atoms with Crippen molar-refractivity contribution in [3.8, 4) is 5.75 Å². The maximum absolute atomic E-state index is 12.7. The first kappa shape index (κ1) is 17.7. The minimum atomic E-state index is -3.37. The van der Waals surface area contributed by atoms with Crippen LogP contribution >= 0.6 is 7.52 Å². The Balaban J connectivity index is 2.76. The zero-order chi connectivity index (χ0) is 15.9. The molecule has 7 heteroatoms. The van der Waals surface area contributed by atoms with E-state index >= 15 is 0 Å². The van der Waals surface area contributed by atoms with Gasteiger partial charge in [-0.05, 0) is 32.9 Å². The van der Waals surface area contributed by atoms with E-state index in [1.54, 1.807) is 45.0 Å². The molecule has 0 spiro atoms. The molecule has 0 aliphatic carbocycles. The van der Waals surface area contributed by atoms with E-state index in [-0.39, 0.29) is 12.5 Å². The highest BCUT2D eigenvalue weighted by Gasteiger charge is 2.30. The fourth-order valence-corrected chi connectivity index (χ4v) is 3.27. The highest BCUT2D eigenvalue weighted by molar-refractivity contribution is 7.57. The van der Waals surface area contributed by atoms with Crippen LogP contribution in [0, 0.1) is 0 Å². The van der Waals surface area contributed by atoms with Gasteiger partial charge in [-0.15, -0.1) is 0 Å². The number of hydrogen-bond donors (Lipinski definition) is 1. The third-order valence-corrected chi connectivity index (χ3v) is 4.28. The SMILES string of the molecule is COCP(=O)(N[C@@H](C)C(=O)OC(C)C)Oc1ccccc1. The molecule has 1 aromatic rings. The summed E-state index contributed by atoms with van der Waals surface area (Å²) in [6.45, 7) is 5.07. The van der Waals surface area contributed by atoms with Gasteiger partial charge in [0, 0.05) is 7.11 Å². The summed E-state index contributed by atoms with van der Waals surface area (Å²) in [6, 6.07) is 7.95. The Kier molecular flexibility index (Phi) is 6.89. The number of ether oxygens (including phenoxy) is 2. The summed E-state index contributed by atoms with van der Waals surface area (Å²) in [6.07, 6.45) is -0.389. The lowest BCUT2D eigenvalue weighted by molar-refractivity contribution is -0.149. The van der Waals surface area contributed by atoms with E-state index in [2.05, 4.69) is 5.09 Å². The second-order valence-corrected chi connectivity index (χ2v) is 6.88. The molecule has 1 rings (SSSR count). The molecule has 118 valence electrons. The zero-order valence-electron chi connectivity index (χ0n) is 12.7. The first-order valence-corrected chi connectivity index (χ1v) is 8.48. The molecule has 0 amide bonds. The number of benzene rings is 1. The standard InChI is InChI=1S/C14H22NO5P/c1-11(2)19-14(16)12(3)15-21(17,10-18-4)20-13-8-6-5-7-9-13/h5-9,11-12H,10H2,1-4H3,(H,15,17)/t12-,21?/m0/s1. The van der Waals surface area contributed by atoms with Crippen LogP contribution < -0.4 is 9.61 Å². The van der Waals surface area contributed by atoms with E-state index in [0.29, 0.717) is 5.75 Å². The van der Waals surface area contributed by atoms with Crippen LogP contribution in [0.1, 0.15) is 20.8 Å². The van der Waals surface area contributed by atoms with Crippen molar-refractivity contribution in [3.05, 3.63) is 30.3 Å². The number of rotatable bonds is 8. The minimum Gasteiger partial charge on any atom is -0.462 e. The van der Waals surface area contributed by atoms with Gasteiger partial charge in [0.05, 0.1) is 6.10 Å². The second kappa shape index (κ2) is 8.17. The molecule has 0 radical (unpaired) electrons. The Morgan fingerprint density at radius 2 is 1.86 bits per heavy atom. The quantitative estimate of drug-likeness (QED) is 0.587. The molecule has 1 unspecified atom stereocenters. The fourth-order valence-electron chi connectivity index (χ4n) is 1.59.